The predicted octanol–water partition coefficient (Wildman–Crippen LogP) is 5.00. The van der Waals surface area contributed by atoms with Gasteiger partial charge in [-0.25, -0.2) is 4.98 Å². The summed E-state index contributed by atoms with van der Waals surface area (Å²) in [6.45, 7) is 3.66. The third kappa shape index (κ3) is 4.52. The molecule has 5 heteroatoms. The average molecular weight is 417 g/mol. The smallest absolute Gasteiger partial charge is 0.289 e. The van der Waals surface area contributed by atoms with Gasteiger partial charge in [0.25, 0.3) is 5.91 Å². The molecule has 5 rings (SSSR count). The van der Waals surface area contributed by atoms with E-state index < -0.39 is 0 Å². The van der Waals surface area contributed by atoms with Crippen molar-refractivity contribution in [3.63, 3.8) is 0 Å². The van der Waals surface area contributed by atoms with Crippen LogP contribution >= 0.6 is 0 Å². The number of imidazole rings is 1. The van der Waals surface area contributed by atoms with E-state index in [1.807, 2.05) is 4.90 Å². The van der Waals surface area contributed by atoms with Crippen LogP contribution in [-0.2, 0) is 6.54 Å². The van der Waals surface area contributed by atoms with Gasteiger partial charge in [0.2, 0.25) is 0 Å². The zero-order chi connectivity index (χ0) is 21.2. The van der Waals surface area contributed by atoms with Gasteiger partial charge < -0.3 is 15.2 Å². The SMILES string of the molecule is CCN(C(=O)c1nc2cc(C3CC3)ccc2[nH]1)[C@H]1CCC[C@@H](NCc2ccccc2)C1. The maximum atomic E-state index is 13.4. The van der Waals surface area contributed by atoms with Crippen LogP contribution in [0.1, 0.15) is 73.1 Å². The van der Waals surface area contributed by atoms with Crippen LogP contribution in [0.2, 0.25) is 0 Å². The van der Waals surface area contributed by atoms with Gasteiger partial charge in [0.05, 0.1) is 11.0 Å². The van der Waals surface area contributed by atoms with Crippen LogP contribution in [0.25, 0.3) is 11.0 Å². The van der Waals surface area contributed by atoms with Crippen molar-refractivity contribution in [3.05, 3.63) is 65.5 Å². The number of benzene rings is 2. The Kier molecular flexibility index (Phi) is 5.77. The highest BCUT2D eigenvalue weighted by molar-refractivity contribution is 5.94. The van der Waals surface area contributed by atoms with Gasteiger partial charge in [-0.05, 0) is 74.6 Å². The minimum Gasteiger partial charge on any atom is -0.334 e. The lowest BCUT2D eigenvalue weighted by Gasteiger charge is -2.37. The maximum absolute atomic E-state index is 13.4. The van der Waals surface area contributed by atoms with Crippen LogP contribution in [0.4, 0.5) is 0 Å². The van der Waals surface area contributed by atoms with Gasteiger partial charge in [-0.1, -0.05) is 36.4 Å². The van der Waals surface area contributed by atoms with E-state index >= 15 is 0 Å². The van der Waals surface area contributed by atoms with Crippen LogP contribution in [0.15, 0.2) is 48.5 Å². The van der Waals surface area contributed by atoms with E-state index in [1.165, 1.54) is 30.4 Å². The van der Waals surface area contributed by atoms with Gasteiger partial charge in [0.1, 0.15) is 0 Å². The number of hydrogen-bond acceptors (Lipinski definition) is 3. The number of carbonyl (C=O) groups excluding carboxylic acids is 1. The van der Waals surface area contributed by atoms with Gasteiger partial charge in [-0.2, -0.15) is 0 Å². The Morgan fingerprint density at radius 2 is 1.97 bits per heavy atom. The van der Waals surface area contributed by atoms with Gasteiger partial charge >= 0.3 is 0 Å². The fraction of sp³-hybridized carbons (Fsp3) is 0.462. The number of rotatable bonds is 7. The molecule has 5 nitrogen and oxygen atoms in total. The molecule has 0 saturated heterocycles. The molecule has 1 amide bonds. The fourth-order valence-electron chi connectivity index (χ4n) is 4.99. The molecule has 0 aliphatic heterocycles. The van der Waals surface area contributed by atoms with E-state index in [0.29, 0.717) is 24.3 Å². The summed E-state index contributed by atoms with van der Waals surface area (Å²) >= 11 is 0. The Hall–Kier alpha value is -2.66. The van der Waals surface area contributed by atoms with Crippen molar-refractivity contribution in [2.24, 2.45) is 0 Å². The quantitative estimate of drug-likeness (QED) is 0.570. The molecule has 2 aliphatic rings. The van der Waals surface area contributed by atoms with Crippen molar-refractivity contribution in [1.29, 1.82) is 0 Å². The lowest BCUT2D eigenvalue weighted by Crippen LogP contribution is -2.47. The number of aromatic amines is 1. The largest absolute Gasteiger partial charge is 0.334 e. The summed E-state index contributed by atoms with van der Waals surface area (Å²) in [5.74, 6) is 1.19. The lowest BCUT2D eigenvalue weighted by molar-refractivity contribution is 0.0617. The van der Waals surface area contributed by atoms with Crippen LogP contribution in [-0.4, -0.2) is 39.4 Å². The van der Waals surface area contributed by atoms with E-state index in [9.17, 15) is 4.79 Å². The van der Waals surface area contributed by atoms with Crippen molar-refractivity contribution in [2.75, 3.05) is 6.54 Å². The van der Waals surface area contributed by atoms with Crippen LogP contribution in [0, 0.1) is 0 Å². The Morgan fingerprint density at radius 3 is 2.74 bits per heavy atom. The number of aromatic nitrogens is 2. The summed E-state index contributed by atoms with van der Waals surface area (Å²) in [4.78, 5) is 23.4. The first kappa shape index (κ1) is 20.3. The number of nitrogens with zero attached hydrogens (tertiary/aromatic N) is 2. The van der Waals surface area contributed by atoms with Gasteiger partial charge in [-0.15, -0.1) is 0 Å². The maximum Gasteiger partial charge on any atom is 0.289 e. The van der Waals surface area contributed by atoms with Crippen molar-refractivity contribution in [2.45, 2.75) is 70.0 Å². The molecule has 31 heavy (non-hydrogen) atoms. The molecule has 1 heterocycles. The number of amides is 1. The predicted molar refractivity (Wildman–Crippen MR) is 124 cm³/mol. The highest BCUT2D eigenvalue weighted by Crippen LogP contribution is 2.40. The first-order valence-corrected chi connectivity index (χ1v) is 11.8. The van der Waals surface area contributed by atoms with E-state index in [-0.39, 0.29) is 11.9 Å². The zero-order valence-corrected chi connectivity index (χ0v) is 18.3. The standard InChI is InChI=1S/C26H32N4O/c1-2-30(22-10-6-9-21(16-22)27-17-18-7-4-3-5-8-18)26(31)25-28-23-14-13-20(19-11-12-19)15-24(23)29-25/h3-5,7-8,13-15,19,21-22,27H,2,6,9-12,16-17H2,1H3,(H,28,29)/t21-,22+/m1/s1. The highest BCUT2D eigenvalue weighted by Gasteiger charge is 2.31. The number of H-pyrrole nitrogens is 1. The monoisotopic (exact) mass is 416 g/mol. The zero-order valence-electron chi connectivity index (χ0n) is 18.3. The van der Waals surface area contributed by atoms with E-state index in [4.69, 9.17) is 0 Å². The Morgan fingerprint density at radius 1 is 1.13 bits per heavy atom. The summed E-state index contributed by atoms with van der Waals surface area (Å²) in [5.41, 5.74) is 4.52. The van der Waals surface area contributed by atoms with Crippen LogP contribution < -0.4 is 5.32 Å². The van der Waals surface area contributed by atoms with Crippen molar-refractivity contribution in [1.82, 2.24) is 20.2 Å². The third-order valence-corrected chi connectivity index (χ3v) is 6.88. The van der Waals surface area contributed by atoms with Gasteiger partial charge in [-0.3, -0.25) is 4.79 Å². The number of nitrogens with one attached hydrogen (secondary N) is 2. The summed E-state index contributed by atoms with van der Waals surface area (Å²) in [7, 11) is 0. The number of hydrogen-bond donors (Lipinski definition) is 2. The molecule has 2 aromatic carbocycles. The second kappa shape index (κ2) is 8.83. The molecule has 2 saturated carbocycles. The van der Waals surface area contributed by atoms with Gasteiger partial charge in [0.15, 0.2) is 5.82 Å². The molecule has 2 aliphatic carbocycles. The molecule has 2 atom stereocenters. The molecule has 3 aromatic rings. The summed E-state index contributed by atoms with van der Waals surface area (Å²) in [5, 5.41) is 3.71. The summed E-state index contributed by atoms with van der Waals surface area (Å²) in [6, 6.07) is 17.6. The third-order valence-electron chi connectivity index (χ3n) is 6.88. The Balaban J connectivity index is 1.26. The molecule has 0 spiro atoms. The minimum atomic E-state index is 0.0281. The highest BCUT2D eigenvalue weighted by atomic mass is 16.2. The first-order chi connectivity index (χ1) is 15.2. The molecular weight excluding hydrogens is 384 g/mol. The summed E-state index contributed by atoms with van der Waals surface area (Å²) < 4.78 is 0. The number of carbonyl (C=O) groups is 1. The first-order valence-electron chi connectivity index (χ1n) is 11.8. The second-order valence-electron chi connectivity index (χ2n) is 9.11. The molecule has 0 bridgehead atoms. The lowest BCUT2D eigenvalue weighted by atomic mass is 9.89. The fourth-order valence-corrected chi connectivity index (χ4v) is 4.99. The van der Waals surface area contributed by atoms with Crippen molar-refractivity contribution < 1.29 is 4.79 Å². The van der Waals surface area contributed by atoms with Crippen LogP contribution in [0.5, 0.6) is 0 Å². The molecule has 2 fully saturated rings. The molecule has 0 unspecified atom stereocenters. The molecule has 2 N–H and O–H groups in total. The Labute approximate surface area is 184 Å². The van der Waals surface area contributed by atoms with Crippen molar-refractivity contribution >= 4 is 16.9 Å². The molecule has 0 radical (unpaired) electrons. The minimum absolute atomic E-state index is 0.0281. The van der Waals surface area contributed by atoms with E-state index in [2.05, 4.69) is 70.7 Å². The Bertz CT molecular complexity index is 1040. The van der Waals surface area contributed by atoms with E-state index in [1.54, 1.807) is 0 Å². The molecule has 162 valence electrons. The summed E-state index contributed by atoms with van der Waals surface area (Å²) in [6.07, 6.45) is 6.92. The number of fused-ring (bicyclic) bond motifs is 1. The average Bonchev–Trinajstić information content (AvgIpc) is 3.57. The molecule has 1 aromatic heterocycles. The topological polar surface area (TPSA) is 61.0 Å². The van der Waals surface area contributed by atoms with E-state index in [0.717, 1.165) is 36.8 Å². The normalized spacial score (nSPS) is 21.3. The van der Waals surface area contributed by atoms with Crippen molar-refractivity contribution in [3.8, 4) is 0 Å². The van der Waals surface area contributed by atoms with Crippen LogP contribution in [0.3, 0.4) is 0 Å². The van der Waals surface area contributed by atoms with Gasteiger partial charge in [0, 0.05) is 25.2 Å². The molecular formula is C26H32N4O. The second-order valence-corrected chi connectivity index (χ2v) is 9.11.